The van der Waals surface area contributed by atoms with Crippen LogP contribution in [0.15, 0.2) is 42.5 Å². The second-order valence-corrected chi connectivity index (χ2v) is 11.7. The van der Waals surface area contributed by atoms with Gasteiger partial charge in [0.05, 0.1) is 19.1 Å². The Kier molecular flexibility index (Phi) is 9.73. The van der Waals surface area contributed by atoms with Crippen molar-refractivity contribution in [3.05, 3.63) is 58.9 Å². The predicted molar refractivity (Wildman–Crippen MR) is 139 cm³/mol. The molecule has 0 saturated carbocycles. The number of carbonyl (C=O) groups is 2. The zero-order valence-corrected chi connectivity index (χ0v) is 22.9. The fraction of sp³-hybridized carbons (Fsp3) is 0.440. The molecule has 36 heavy (non-hydrogen) atoms. The first kappa shape index (κ1) is 29.4. The van der Waals surface area contributed by atoms with Crippen LogP contribution in [0.1, 0.15) is 39.7 Å². The number of nitrogens with one attached hydrogen (secondary N) is 1. The van der Waals surface area contributed by atoms with Gasteiger partial charge in [-0.1, -0.05) is 30.7 Å². The highest BCUT2D eigenvalue weighted by Gasteiger charge is 2.33. The number of carbonyl (C=O) groups excluding carboxylic acids is 2. The second kappa shape index (κ2) is 11.9. The Morgan fingerprint density at radius 3 is 2.25 bits per heavy atom. The van der Waals surface area contributed by atoms with Crippen molar-refractivity contribution in [2.24, 2.45) is 0 Å². The molecule has 2 aromatic rings. The summed E-state index contributed by atoms with van der Waals surface area (Å²) in [6, 6.07) is 9.07. The maximum Gasteiger partial charge on any atom is 0.244 e. The van der Waals surface area contributed by atoms with Gasteiger partial charge in [0, 0.05) is 17.1 Å². The molecule has 0 heterocycles. The van der Waals surface area contributed by atoms with Gasteiger partial charge in [0.15, 0.2) is 0 Å². The van der Waals surface area contributed by atoms with Crippen molar-refractivity contribution in [2.45, 2.75) is 52.2 Å². The van der Waals surface area contributed by atoms with E-state index in [0.29, 0.717) is 5.56 Å². The highest BCUT2D eigenvalue weighted by molar-refractivity contribution is 7.92. The van der Waals surface area contributed by atoms with Crippen molar-refractivity contribution in [1.29, 1.82) is 0 Å². The van der Waals surface area contributed by atoms with Gasteiger partial charge in [-0.05, 0) is 63.1 Å². The maximum absolute atomic E-state index is 13.7. The van der Waals surface area contributed by atoms with Crippen LogP contribution in [-0.4, -0.2) is 56.6 Å². The van der Waals surface area contributed by atoms with E-state index in [2.05, 4.69) is 5.32 Å². The van der Waals surface area contributed by atoms with Crippen LogP contribution in [-0.2, 0) is 26.2 Å². The third kappa shape index (κ3) is 8.09. The van der Waals surface area contributed by atoms with Gasteiger partial charge in [-0.25, -0.2) is 12.8 Å². The van der Waals surface area contributed by atoms with Gasteiger partial charge in [0.25, 0.3) is 0 Å². The topological polar surface area (TPSA) is 96.0 Å². The number of amides is 2. The van der Waals surface area contributed by atoms with Crippen molar-refractivity contribution >= 4 is 39.1 Å². The summed E-state index contributed by atoms with van der Waals surface area (Å²) < 4.78 is 45.2. The van der Waals surface area contributed by atoms with E-state index in [0.717, 1.165) is 10.6 Å². The molecule has 8 nitrogen and oxygen atoms in total. The molecule has 0 aliphatic heterocycles. The number of anilines is 1. The largest absolute Gasteiger partial charge is 0.495 e. The number of hydrogen-bond donors (Lipinski definition) is 1. The van der Waals surface area contributed by atoms with Crippen LogP contribution in [0.4, 0.5) is 10.1 Å². The molecular weight excluding hydrogens is 509 g/mol. The van der Waals surface area contributed by atoms with Gasteiger partial charge in [-0.3, -0.25) is 13.9 Å². The number of benzene rings is 2. The lowest BCUT2D eigenvalue weighted by Gasteiger charge is -2.34. The Balaban J connectivity index is 2.52. The summed E-state index contributed by atoms with van der Waals surface area (Å²) in [5.74, 6) is -1.24. The first-order valence-corrected chi connectivity index (χ1v) is 13.6. The Bertz CT molecular complexity index is 1180. The first-order chi connectivity index (χ1) is 16.7. The molecule has 0 fully saturated rings. The quantitative estimate of drug-likeness (QED) is 0.491. The maximum atomic E-state index is 13.7. The van der Waals surface area contributed by atoms with E-state index in [1.54, 1.807) is 6.92 Å². The zero-order valence-electron chi connectivity index (χ0n) is 21.3. The van der Waals surface area contributed by atoms with Crippen molar-refractivity contribution in [1.82, 2.24) is 10.2 Å². The van der Waals surface area contributed by atoms with Crippen LogP contribution in [0.2, 0.25) is 5.02 Å². The van der Waals surface area contributed by atoms with E-state index < -0.39 is 39.9 Å². The lowest BCUT2D eigenvalue weighted by Crippen LogP contribution is -2.55. The van der Waals surface area contributed by atoms with Crippen molar-refractivity contribution in [3.8, 4) is 5.75 Å². The van der Waals surface area contributed by atoms with Gasteiger partial charge in [-0.15, -0.1) is 0 Å². The first-order valence-electron chi connectivity index (χ1n) is 11.3. The molecule has 0 bridgehead atoms. The predicted octanol–water partition coefficient (Wildman–Crippen LogP) is 3.98. The lowest BCUT2D eigenvalue weighted by molar-refractivity contribution is -0.141. The number of halogens is 2. The summed E-state index contributed by atoms with van der Waals surface area (Å²) in [6.45, 7) is 6.59. The van der Waals surface area contributed by atoms with Gasteiger partial charge in [-0.2, -0.15) is 0 Å². The minimum atomic E-state index is -3.96. The summed E-state index contributed by atoms with van der Waals surface area (Å²) in [5, 5.41) is 3.13. The number of rotatable bonds is 10. The fourth-order valence-corrected chi connectivity index (χ4v) is 4.62. The van der Waals surface area contributed by atoms with E-state index in [1.807, 2.05) is 20.8 Å². The van der Waals surface area contributed by atoms with Crippen LogP contribution in [0.3, 0.4) is 0 Å². The number of sulfonamides is 1. The molecule has 11 heteroatoms. The minimum absolute atomic E-state index is 0.0283. The van der Waals surface area contributed by atoms with Gasteiger partial charge in [0.1, 0.15) is 24.2 Å². The second-order valence-electron chi connectivity index (χ2n) is 9.40. The highest BCUT2D eigenvalue weighted by atomic mass is 35.5. The third-order valence-corrected chi connectivity index (χ3v) is 6.60. The monoisotopic (exact) mass is 541 g/mol. The summed E-state index contributed by atoms with van der Waals surface area (Å²) >= 11 is 6.11. The Hall–Kier alpha value is -2.85. The van der Waals surface area contributed by atoms with Gasteiger partial charge < -0.3 is 15.0 Å². The van der Waals surface area contributed by atoms with E-state index in [-0.39, 0.29) is 35.3 Å². The van der Waals surface area contributed by atoms with E-state index >= 15 is 0 Å². The van der Waals surface area contributed by atoms with Crippen LogP contribution in [0.5, 0.6) is 5.75 Å². The normalized spacial score (nSPS) is 12.6. The molecule has 0 aliphatic carbocycles. The van der Waals surface area contributed by atoms with Gasteiger partial charge >= 0.3 is 0 Å². The average Bonchev–Trinajstić information content (AvgIpc) is 2.76. The number of hydrogen-bond acceptors (Lipinski definition) is 5. The molecule has 2 aromatic carbocycles. The molecule has 0 spiro atoms. The fourth-order valence-electron chi connectivity index (χ4n) is 3.61. The van der Waals surface area contributed by atoms with Crippen molar-refractivity contribution in [3.63, 3.8) is 0 Å². The van der Waals surface area contributed by atoms with E-state index in [1.165, 1.54) is 54.5 Å². The summed E-state index contributed by atoms with van der Waals surface area (Å²) in [5.41, 5.74) is 0.120. The Labute approximate surface area is 217 Å². The number of nitrogens with zero attached hydrogens (tertiary/aromatic N) is 2. The zero-order chi connectivity index (χ0) is 27.3. The van der Waals surface area contributed by atoms with E-state index in [4.69, 9.17) is 16.3 Å². The average molecular weight is 542 g/mol. The van der Waals surface area contributed by atoms with Crippen molar-refractivity contribution in [2.75, 3.05) is 24.2 Å². The van der Waals surface area contributed by atoms with Crippen LogP contribution in [0, 0.1) is 5.82 Å². The number of ether oxygens (including phenoxy) is 1. The minimum Gasteiger partial charge on any atom is -0.495 e. The molecule has 0 saturated heterocycles. The molecule has 198 valence electrons. The molecule has 2 amide bonds. The molecule has 1 atom stereocenters. The molecular formula is C25H33ClFN3O5S. The van der Waals surface area contributed by atoms with Crippen molar-refractivity contribution < 1.29 is 27.1 Å². The van der Waals surface area contributed by atoms with Crippen LogP contribution < -0.4 is 14.4 Å². The lowest BCUT2D eigenvalue weighted by atomic mass is 10.1. The molecule has 0 radical (unpaired) electrons. The smallest absolute Gasteiger partial charge is 0.244 e. The van der Waals surface area contributed by atoms with E-state index in [9.17, 15) is 22.4 Å². The summed E-state index contributed by atoms with van der Waals surface area (Å²) in [7, 11) is -2.58. The number of methoxy groups -OCH3 is 1. The molecule has 0 aromatic heterocycles. The molecule has 2 rings (SSSR count). The Morgan fingerprint density at radius 1 is 1.14 bits per heavy atom. The highest BCUT2D eigenvalue weighted by Crippen LogP contribution is 2.33. The van der Waals surface area contributed by atoms with Crippen LogP contribution >= 0.6 is 11.6 Å². The summed E-state index contributed by atoms with van der Waals surface area (Å²) in [4.78, 5) is 28.1. The molecule has 1 unspecified atom stereocenters. The summed E-state index contributed by atoms with van der Waals surface area (Å²) in [6.07, 6.45) is 1.24. The standard InChI is InChI=1S/C25H33ClFN3O5S/c1-7-20(24(32)28-25(2,3)4)29(15-17-8-11-19(27)12-9-17)23(31)16-30(36(6,33)34)21-14-18(26)10-13-22(21)35-5/h8-14,20H,7,15-16H2,1-6H3,(H,28,32). The molecule has 1 N–H and O–H groups in total. The Morgan fingerprint density at radius 2 is 1.75 bits per heavy atom. The molecule has 0 aliphatic rings. The van der Waals surface area contributed by atoms with Crippen LogP contribution in [0.25, 0.3) is 0 Å². The SMILES string of the molecule is CCC(C(=O)NC(C)(C)C)N(Cc1ccc(F)cc1)C(=O)CN(c1cc(Cl)ccc1OC)S(C)(=O)=O. The van der Waals surface area contributed by atoms with Gasteiger partial charge in [0.2, 0.25) is 21.8 Å². The third-order valence-electron chi connectivity index (χ3n) is 5.24.